The SMILES string of the molecule is COc1ccc(O)c(C(=O)N2CCOC3(C[C@H]4CC[C@@H](C3)N4)C2)c1.Cl. The summed E-state index contributed by atoms with van der Waals surface area (Å²) < 4.78 is 11.3. The summed E-state index contributed by atoms with van der Waals surface area (Å²) in [4.78, 5) is 14.8. The number of benzene rings is 1. The van der Waals surface area contributed by atoms with Gasteiger partial charge in [-0.25, -0.2) is 0 Å². The number of nitrogens with zero attached hydrogens (tertiary/aromatic N) is 1. The van der Waals surface area contributed by atoms with Crippen molar-refractivity contribution in [1.29, 1.82) is 0 Å². The van der Waals surface area contributed by atoms with E-state index in [9.17, 15) is 9.90 Å². The third-order valence-corrected chi connectivity index (χ3v) is 5.54. The van der Waals surface area contributed by atoms with Crippen LogP contribution in [0.15, 0.2) is 18.2 Å². The van der Waals surface area contributed by atoms with Crippen LogP contribution in [0.3, 0.4) is 0 Å². The van der Waals surface area contributed by atoms with Crippen LogP contribution in [0.1, 0.15) is 36.0 Å². The zero-order valence-electron chi connectivity index (χ0n) is 14.4. The van der Waals surface area contributed by atoms with Gasteiger partial charge in [-0.15, -0.1) is 12.4 Å². The standard InChI is InChI=1S/C18H24N2O4.ClH/c1-23-14-4-5-16(21)15(8-14)17(22)20-6-7-24-18(11-20)9-12-2-3-13(10-18)19-12;/h4-5,8,12-13,19,21H,2-3,6-7,9-11H2,1H3;1H/t12-,13+,18?;. The molecule has 1 aromatic carbocycles. The number of aromatic hydroxyl groups is 1. The lowest BCUT2D eigenvalue weighted by Gasteiger charge is -2.47. The van der Waals surface area contributed by atoms with E-state index in [0.29, 0.717) is 43.1 Å². The topological polar surface area (TPSA) is 71.0 Å². The van der Waals surface area contributed by atoms with Gasteiger partial charge in [-0.3, -0.25) is 4.79 Å². The van der Waals surface area contributed by atoms with E-state index in [0.717, 1.165) is 12.8 Å². The molecule has 3 saturated heterocycles. The van der Waals surface area contributed by atoms with E-state index in [-0.39, 0.29) is 29.7 Å². The molecule has 0 aliphatic carbocycles. The highest BCUT2D eigenvalue weighted by atomic mass is 35.5. The zero-order valence-corrected chi connectivity index (χ0v) is 15.2. The molecule has 6 nitrogen and oxygen atoms in total. The number of ether oxygens (including phenoxy) is 2. The summed E-state index contributed by atoms with van der Waals surface area (Å²) >= 11 is 0. The molecule has 0 saturated carbocycles. The number of phenolic OH excluding ortho intramolecular Hbond substituents is 1. The predicted molar refractivity (Wildman–Crippen MR) is 95.7 cm³/mol. The summed E-state index contributed by atoms with van der Waals surface area (Å²) in [6, 6.07) is 5.77. The van der Waals surface area contributed by atoms with Gasteiger partial charge in [0, 0.05) is 18.6 Å². The molecule has 138 valence electrons. The molecule has 3 atom stereocenters. The van der Waals surface area contributed by atoms with Crippen LogP contribution < -0.4 is 10.1 Å². The molecule has 1 aromatic rings. The lowest BCUT2D eigenvalue weighted by molar-refractivity contribution is -0.122. The minimum atomic E-state index is -0.237. The van der Waals surface area contributed by atoms with Crippen molar-refractivity contribution in [2.24, 2.45) is 0 Å². The second kappa shape index (κ2) is 7.02. The lowest BCUT2D eigenvalue weighted by Crippen LogP contribution is -2.60. The number of carbonyl (C=O) groups is 1. The maximum atomic E-state index is 12.9. The number of hydrogen-bond acceptors (Lipinski definition) is 5. The van der Waals surface area contributed by atoms with Gasteiger partial charge in [0.2, 0.25) is 0 Å². The number of fused-ring (bicyclic) bond motifs is 2. The van der Waals surface area contributed by atoms with E-state index in [1.807, 2.05) is 4.90 Å². The Kier molecular flexibility index (Phi) is 5.14. The Labute approximate surface area is 153 Å². The predicted octanol–water partition coefficient (Wildman–Crippen LogP) is 1.95. The van der Waals surface area contributed by atoms with Crippen molar-refractivity contribution in [2.75, 3.05) is 26.8 Å². The Hall–Kier alpha value is -1.50. The van der Waals surface area contributed by atoms with Crippen molar-refractivity contribution in [3.05, 3.63) is 23.8 Å². The third-order valence-electron chi connectivity index (χ3n) is 5.54. The number of carbonyl (C=O) groups excluding carboxylic acids is 1. The number of halogens is 1. The van der Waals surface area contributed by atoms with Crippen LogP contribution in [-0.4, -0.2) is 60.4 Å². The first kappa shape index (κ1) is 18.3. The van der Waals surface area contributed by atoms with Crippen molar-refractivity contribution in [3.8, 4) is 11.5 Å². The minimum absolute atomic E-state index is 0. The van der Waals surface area contributed by atoms with Crippen LogP contribution in [-0.2, 0) is 4.74 Å². The molecular formula is C18H25ClN2O4. The highest BCUT2D eigenvalue weighted by Crippen LogP contribution is 2.39. The zero-order chi connectivity index (χ0) is 16.7. The quantitative estimate of drug-likeness (QED) is 0.834. The second-order valence-corrected chi connectivity index (χ2v) is 7.19. The number of phenols is 1. The average molecular weight is 369 g/mol. The maximum absolute atomic E-state index is 12.9. The molecule has 1 unspecified atom stereocenters. The molecule has 25 heavy (non-hydrogen) atoms. The Morgan fingerprint density at radius 1 is 1.36 bits per heavy atom. The molecule has 2 N–H and O–H groups in total. The number of methoxy groups -OCH3 is 1. The van der Waals surface area contributed by atoms with Crippen LogP contribution in [0.5, 0.6) is 11.5 Å². The first-order valence-corrected chi connectivity index (χ1v) is 8.65. The van der Waals surface area contributed by atoms with Crippen molar-refractivity contribution >= 4 is 18.3 Å². The smallest absolute Gasteiger partial charge is 0.257 e. The number of amides is 1. The number of hydrogen-bond donors (Lipinski definition) is 2. The molecular weight excluding hydrogens is 344 g/mol. The van der Waals surface area contributed by atoms with Gasteiger partial charge in [0.1, 0.15) is 11.5 Å². The van der Waals surface area contributed by atoms with E-state index in [1.54, 1.807) is 19.2 Å². The summed E-state index contributed by atoms with van der Waals surface area (Å²) in [5.74, 6) is 0.408. The first-order valence-electron chi connectivity index (χ1n) is 8.65. The molecule has 3 aliphatic heterocycles. The summed E-state index contributed by atoms with van der Waals surface area (Å²) in [7, 11) is 1.55. The Bertz CT molecular complexity index is 642. The Balaban J connectivity index is 0.00000182. The molecule has 4 rings (SSSR count). The molecule has 0 radical (unpaired) electrons. The van der Waals surface area contributed by atoms with Gasteiger partial charge >= 0.3 is 0 Å². The summed E-state index contributed by atoms with van der Waals surface area (Å²) in [6.45, 7) is 1.70. The fourth-order valence-electron chi connectivity index (χ4n) is 4.45. The average Bonchev–Trinajstić information content (AvgIpc) is 2.94. The maximum Gasteiger partial charge on any atom is 0.257 e. The number of morpholine rings is 1. The number of piperidine rings is 1. The molecule has 3 fully saturated rings. The van der Waals surface area contributed by atoms with Gasteiger partial charge in [0.15, 0.2) is 0 Å². The van der Waals surface area contributed by atoms with Crippen molar-refractivity contribution < 1.29 is 19.4 Å². The molecule has 1 amide bonds. The van der Waals surface area contributed by atoms with Crippen molar-refractivity contribution in [2.45, 2.75) is 43.4 Å². The van der Waals surface area contributed by atoms with Gasteiger partial charge < -0.3 is 24.8 Å². The molecule has 0 aromatic heterocycles. The highest BCUT2D eigenvalue weighted by molar-refractivity contribution is 5.97. The monoisotopic (exact) mass is 368 g/mol. The minimum Gasteiger partial charge on any atom is -0.507 e. The second-order valence-electron chi connectivity index (χ2n) is 7.19. The first-order chi connectivity index (χ1) is 11.6. The largest absolute Gasteiger partial charge is 0.507 e. The van der Waals surface area contributed by atoms with Gasteiger partial charge in [-0.1, -0.05) is 0 Å². The third kappa shape index (κ3) is 3.43. The van der Waals surface area contributed by atoms with Gasteiger partial charge in [0.05, 0.1) is 31.4 Å². The Morgan fingerprint density at radius 3 is 2.76 bits per heavy atom. The van der Waals surface area contributed by atoms with E-state index in [4.69, 9.17) is 9.47 Å². The van der Waals surface area contributed by atoms with Crippen LogP contribution in [0.4, 0.5) is 0 Å². The summed E-state index contributed by atoms with van der Waals surface area (Å²) in [6.07, 6.45) is 4.30. The highest BCUT2D eigenvalue weighted by Gasteiger charge is 2.47. The van der Waals surface area contributed by atoms with E-state index in [1.165, 1.54) is 18.9 Å². The summed E-state index contributed by atoms with van der Waals surface area (Å²) in [5.41, 5.74) is 0.0581. The van der Waals surface area contributed by atoms with Crippen LogP contribution >= 0.6 is 12.4 Å². The summed E-state index contributed by atoms with van der Waals surface area (Å²) in [5, 5.41) is 13.7. The number of nitrogens with one attached hydrogen (secondary N) is 1. The normalized spacial score (nSPS) is 30.8. The molecule has 2 bridgehead atoms. The van der Waals surface area contributed by atoms with Crippen molar-refractivity contribution in [1.82, 2.24) is 10.2 Å². The fraction of sp³-hybridized carbons (Fsp3) is 0.611. The van der Waals surface area contributed by atoms with Gasteiger partial charge in [-0.2, -0.15) is 0 Å². The van der Waals surface area contributed by atoms with Crippen LogP contribution in [0.25, 0.3) is 0 Å². The molecule has 1 spiro atoms. The molecule has 7 heteroatoms. The van der Waals surface area contributed by atoms with Crippen LogP contribution in [0, 0.1) is 0 Å². The van der Waals surface area contributed by atoms with Crippen molar-refractivity contribution in [3.63, 3.8) is 0 Å². The van der Waals surface area contributed by atoms with E-state index < -0.39 is 0 Å². The van der Waals surface area contributed by atoms with Gasteiger partial charge in [-0.05, 0) is 43.9 Å². The fourth-order valence-corrected chi connectivity index (χ4v) is 4.45. The van der Waals surface area contributed by atoms with E-state index >= 15 is 0 Å². The molecule has 3 heterocycles. The van der Waals surface area contributed by atoms with Gasteiger partial charge in [0.25, 0.3) is 5.91 Å². The van der Waals surface area contributed by atoms with Crippen LogP contribution in [0.2, 0.25) is 0 Å². The Morgan fingerprint density at radius 2 is 2.08 bits per heavy atom. The molecule has 3 aliphatic rings. The lowest BCUT2D eigenvalue weighted by atomic mass is 9.85. The number of rotatable bonds is 2. The van der Waals surface area contributed by atoms with E-state index in [2.05, 4.69) is 5.32 Å².